The van der Waals surface area contributed by atoms with E-state index in [1.165, 1.54) is 26.7 Å². The Bertz CT molecular complexity index is 2720. The van der Waals surface area contributed by atoms with Gasteiger partial charge in [-0.25, -0.2) is 9.97 Å². The van der Waals surface area contributed by atoms with Crippen LogP contribution in [0, 0.1) is 0 Å². The summed E-state index contributed by atoms with van der Waals surface area (Å²) in [5.74, 6) is 0.761. The van der Waals surface area contributed by atoms with Crippen molar-refractivity contribution in [1.29, 1.82) is 0 Å². The standard InChI is InChI=1S/C42H29N3OSi/c1-47(2)36-22-11-8-19-31(36)40-41(47)39(43-42(44-40)26-13-4-3-5-14-26)27-15-12-16-28(25-27)45-32-20-9-6-17-29(32)37-33(45)23-24-35-38(37)30-18-7-10-21-34(30)46-35/h3-25H,1-2H3. The van der Waals surface area contributed by atoms with Gasteiger partial charge in [-0.1, -0.05) is 116 Å². The zero-order chi connectivity index (χ0) is 31.3. The van der Waals surface area contributed by atoms with E-state index >= 15 is 0 Å². The quantitative estimate of drug-likeness (QED) is 0.185. The van der Waals surface area contributed by atoms with E-state index in [9.17, 15) is 0 Å². The van der Waals surface area contributed by atoms with Crippen molar-refractivity contribution in [3.05, 3.63) is 140 Å². The molecule has 6 aromatic carbocycles. The molecule has 1 aliphatic heterocycles. The molecule has 0 fully saturated rings. The first-order valence-corrected chi connectivity index (χ1v) is 19.1. The summed E-state index contributed by atoms with van der Waals surface area (Å²) < 4.78 is 8.71. The zero-order valence-corrected chi connectivity index (χ0v) is 27.0. The van der Waals surface area contributed by atoms with E-state index in [2.05, 4.69) is 145 Å². The van der Waals surface area contributed by atoms with Gasteiger partial charge in [0.15, 0.2) is 5.82 Å². The minimum absolute atomic E-state index is 0.761. The van der Waals surface area contributed by atoms with E-state index in [1.54, 1.807) is 0 Å². The minimum atomic E-state index is -2.09. The van der Waals surface area contributed by atoms with E-state index in [0.717, 1.165) is 67.0 Å². The Hall–Kier alpha value is -5.78. The smallest absolute Gasteiger partial charge is 0.160 e. The van der Waals surface area contributed by atoms with Gasteiger partial charge in [0.1, 0.15) is 19.2 Å². The van der Waals surface area contributed by atoms with E-state index in [-0.39, 0.29) is 0 Å². The molecule has 0 radical (unpaired) electrons. The van der Waals surface area contributed by atoms with Crippen molar-refractivity contribution in [2.45, 2.75) is 13.1 Å². The summed E-state index contributed by atoms with van der Waals surface area (Å²) in [7, 11) is -2.09. The largest absolute Gasteiger partial charge is 0.456 e. The molecule has 4 heterocycles. The SMILES string of the molecule is C[Si]1(C)c2ccccc2-c2nc(-c3ccccc3)nc(-c3cccc(-n4c5ccccc5c5c6c(ccc54)oc4ccccc46)c3)c21. The molecule has 5 heteroatoms. The van der Waals surface area contributed by atoms with Crippen molar-refractivity contribution in [1.82, 2.24) is 14.5 Å². The molecule has 10 rings (SSSR count). The molecular formula is C42H29N3OSi. The van der Waals surface area contributed by atoms with Crippen LogP contribution in [0.5, 0.6) is 0 Å². The lowest BCUT2D eigenvalue weighted by Gasteiger charge is -2.22. The number of fused-ring (bicyclic) bond motifs is 10. The second-order valence-electron chi connectivity index (χ2n) is 13.0. The van der Waals surface area contributed by atoms with Crippen LogP contribution in [0.25, 0.3) is 83.3 Å². The van der Waals surface area contributed by atoms with Crippen LogP contribution in [0.3, 0.4) is 0 Å². The van der Waals surface area contributed by atoms with Crippen molar-refractivity contribution in [3.63, 3.8) is 0 Å². The molecule has 222 valence electrons. The number of hydrogen-bond donors (Lipinski definition) is 0. The van der Waals surface area contributed by atoms with Gasteiger partial charge >= 0.3 is 0 Å². The summed E-state index contributed by atoms with van der Waals surface area (Å²) in [6.07, 6.45) is 0. The number of para-hydroxylation sites is 2. The lowest BCUT2D eigenvalue weighted by molar-refractivity contribution is 0.669. The third kappa shape index (κ3) is 3.69. The summed E-state index contributed by atoms with van der Waals surface area (Å²) in [5, 5.41) is 7.46. The fourth-order valence-electron chi connectivity index (χ4n) is 7.89. The number of rotatable bonds is 3. The number of benzene rings is 6. The second-order valence-corrected chi connectivity index (χ2v) is 17.3. The summed E-state index contributed by atoms with van der Waals surface area (Å²) in [5.41, 5.74) is 10.7. The highest BCUT2D eigenvalue weighted by Crippen LogP contribution is 2.41. The summed E-state index contributed by atoms with van der Waals surface area (Å²) in [6, 6.07) is 49.4. The van der Waals surface area contributed by atoms with Crippen LogP contribution < -0.4 is 10.4 Å². The molecule has 0 N–H and O–H groups in total. The number of nitrogens with zero attached hydrogens (tertiary/aromatic N) is 3. The van der Waals surface area contributed by atoms with Gasteiger partial charge in [0.2, 0.25) is 0 Å². The molecule has 3 aromatic heterocycles. The van der Waals surface area contributed by atoms with E-state index < -0.39 is 8.07 Å². The predicted octanol–water partition coefficient (Wildman–Crippen LogP) is 9.61. The first-order chi connectivity index (χ1) is 23.1. The molecule has 0 saturated heterocycles. The van der Waals surface area contributed by atoms with Crippen molar-refractivity contribution in [2.24, 2.45) is 0 Å². The maximum Gasteiger partial charge on any atom is 0.160 e. The van der Waals surface area contributed by atoms with Crippen molar-refractivity contribution >= 4 is 62.2 Å². The number of aromatic nitrogens is 3. The van der Waals surface area contributed by atoms with Crippen LogP contribution >= 0.6 is 0 Å². The monoisotopic (exact) mass is 619 g/mol. The number of hydrogen-bond acceptors (Lipinski definition) is 3. The van der Waals surface area contributed by atoms with Gasteiger partial charge in [0, 0.05) is 38.4 Å². The van der Waals surface area contributed by atoms with Gasteiger partial charge in [-0.2, -0.15) is 0 Å². The maximum atomic E-state index is 6.32. The van der Waals surface area contributed by atoms with Gasteiger partial charge in [0.05, 0.1) is 22.4 Å². The van der Waals surface area contributed by atoms with Crippen molar-refractivity contribution < 1.29 is 4.42 Å². The lowest BCUT2D eigenvalue weighted by atomic mass is 10.1. The average Bonchev–Trinajstić information content (AvgIpc) is 3.74. The topological polar surface area (TPSA) is 43.9 Å². The van der Waals surface area contributed by atoms with Gasteiger partial charge < -0.3 is 8.98 Å². The molecule has 0 atom stereocenters. The molecule has 47 heavy (non-hydrogen) atoms. The molecule has 9 aromatic rings. The Kier molecular flexibility index (Phi) is 5.41. The van der Waals surface area contributed by atoms with Crippen molar-refractivity contribution in [3.8, 4) is 39.6 Å². The Balaban J connectivity index is 1.26. The molecule has 4 nitrogen and oxygen atoms in total. The van der Waals surface area contributed by atoms with Gasteiger partial charge in [0.25, 0.3) is 0 Å². The minimum Gasteiger partial charge on any atom is -0.456 e. The fourth-order valence-corrected chi connectivity index (χ4v) is 11.1. The Morgan fingerprint density at radius 2 is 1.28 bits per heavy atom. The van der Waals surface area contributed by atoms with E-state index in [0.29, 0.717) is 0 Å². The average molecular weight is 620 g/mol. The molecule has 0 amide bonds. The zero-order valence-electron chi connectivity index (χ0n) is 26.0. The highest BCUT2D eigenvalue weighted by molar-refractivity contribution is 7.04. The summed E-state index contributed by atoms with van der Waals surface area (Å²) in [6.45, 7) is 4.87. The second kappa shape index (κ2) is 9.61. The Morgan fingerprint density at radius 3 is 2.17 bits per heavy atom. The van der Waals surface area contributed by atoms with Crippen LogP contribution in [0.4, 0.5) is 0 Å². The van der Waals surface area contributed by atoms with Crippen molar-refractivity contribution in [2.75, 3.05) is 0 Å². The molecule has 0 aliphatic carbocycles. The van der Waals surface area contributed by atoms with Crippen LogP contribution in [0.15, 0.2) is 144 Å². The van der Waals surface area contributed by atoms with Gasteiger partial charge in [-0.05, 0) is 52.3 Å². The highest BCUT2D eigenvalue weighted by Gasteiger charge is 2.41. The highest BCUT2D eigenvalue weighted by atomic mass is 28.3. The maximum absolute atomic E-state index is 6.32. The van der Waals surface area contributed by atoms with Crippen LogP contribution in [0.2, 0.25) is 13.1 Å². The Morgan fingerprint density at radius 1 is 0.553 bits per heavy atom. The normalized spacial score (nSPS) is 13.5. The lowest BCUT2D eigenvalue weighted by Crippen LogP contribution is -2.50. The third-order valence-electron chi connectivity index (χ3n) is 9.98. The van der Waals surface area contributed by atoms with E-state index in [1.807, 2.05) is 12.1 Å². The Labute approximate surface area is 272 Å². The third-order valence-corrected chi connectivity index (χ3v) is 13.5. The van der Waals surface area contributed by atoms with E-state index in [4.69, 9.17) is 14.4 Å². The summed E-state index contributed by atoms with van der Waals surface area (Å²) in [4.78, 5) is 10.6. The van der Waals surface area contributed by atoms with Gasteiger partial charge in [-0.3, -0.25) is 0 Å². The molecule has 0 bridgehead atoms. The van der Waals surface area contributed by atoms with Gasteiger partial charge in [-0.15, -0.1) is 0 Å². The van der Waals surface area contributed by atoms with Crippen LogP contribution in [0.1, 0.15) is 0 Å². The molecular weight excluding hydrogens is 591 g/mol. The van der Waals surface area contributed by atoms with Crippen LogP contribution in [-0.4, -0.2) is 22.6 Å². The molecule has 0 unspecified atom stereocenters. The number of furan rings is 1. The first kappa shape index (κ1) is 26.4. The molecule has 0 spiro atoms. The molecule has 1 aliphatic rings. The first-order valence-electron chi connectivity index (χ1n) is 16.1. The molecule has 0 saturated carbocycles. The summed E-state index contributed by atoms with van der Waals surface area (Å²) >= 11 is 0. The fraction of sp³-hybridized carbons (Fsp3) is 0.0476. The van der Waals surface area contributed by atoms with Crippen LogP contribution in [-0.2, 0) is 0 Å². The predicted molar refractivity (Wildman–Crippen MR) is 197 cm³/mol.